The molecule has 1 aromatic carbocycles. The number of benzene rings is 1. The van der Waals surface area contributed by atoms with Crippen molar-refractivity contribution in [1.29, 1.82) is 0 Å². The van der Waals surface area contributed by atoms with Crippen LogP contribution in [-0.4, -0.2) is 54.7 Å². The van der Waals surface area contributed by atoms with Crippen LogP contribution in [0.5, 0.6) is 0 Å². The number of nitrogens with one attached hydrogen (secondary N) is 2. The number of rotatable bonds is 8. The van der Waals surface area contributed by atoms with Crippen LogP contribution in [0.25, 0.3) is 16.9 Å². The Hall–Kier alpha value is -2.58. The second kappa shape index (κ2) is 9.49. The van der Waals surface area contributed by atoms with Gasteiger partial charge in [0.05, 0.1) is 18.2 Å². The fourth-order valence-electron chi connectivity index (χ4n) is 3.48. The lowest BCUT2D eigenvalue weighted by Crippen LogP contribution is -2.31. The summed E-state index contributed by atoms with van der Waals surface area (Å²) in [5.41, 5.74) is 2.66. The molecule has 3 aromatic rings. The number of unbranched alkanes of at least 4 members (excludes halogenated alkanes) is 1. The number of halogens is 1. The molecule has 9 heteroatoms. The number of ether oxygens (including phenoxy) is 1. The SMILES string of the molecule is [B]c1cnn2c(NCCCCNC(=O)C3CCOC3)cc(-c3ccccc3Cl)nc12. The number of anilines is 1. The van der Waals surface area contributed by atoms with Gasteiger partial charge in [-0.2, -0.15) is 9.61 Å². The van der Waals surface area contributed by atoms with Crippen LogP contribution in [0.4, 0.5) is 5.82 Å². The number of aromatic nitrogens is 3. The Morgan fingerprint density at radius 3 is 2.93 bits per heavy atom. The van der Waals surface area contributed by atoms with Gasteiger partial charge in [0.15, 0.2) is 5.65 Å². The van der Waals surface area contributed by atoms with E-state index in [1.807, 2.05) is 30.3 Å². The number of carbonyl (C=O) groups excluding carboxylic acids is 1. The van der Waals surface area contributed by atoms with Crippen LogP contribution in [0.1, 0.15) is 19.3 Å². The molecule has 4 rings (SSSR count). The van der Waals surface area contributed by atoms with Gasteiger partial charge in [-0.1, -0.05) is 29.8 Å². The molecule has 2 aromatic heterocycles. The van der Waals surface area contributed by atoms with Crippen molar-refractivity contribution in [3.8, 4) is 11.3 Å². The molecule has 1 fully saturated rings. The number of fused-ring (bicyclic) bond motifs is 1. The minimum absolute atomic E-state index is 0.00160. The lowest BCUT2D eigenvalue weighted by molar-refractivity contribution is -0.124. The monoisotopic (exact) mass is 423 g/mol. The molecule has 154 valence electrons. The van der Waals surface area contributed by atoms with Crippen molar-refractivity contribution >= 4 is 42.3 Å². The Morgan fingerprint density at radius 2 is 2.13 bits per heavy atom. The predicted molar refractivity (Wildman–Crippen MR) is 118 cm³/mol. The first-order chi connectivity index (χ1) is 14.6. The molecule has 0 spiro atoms. The van der Waals surface area contributed by atoms with Gasteiger partial charge in [0, 0.05) is 42.5 Å². The molecule has 1 saturated heterocycles. The van der Waals surface area contributed by atoms with Gasteiger partial charge in [0.1, 0.15) is 13.7 Å². The minimum atomic E-state index is 0.00160. The number of nitrogens with zero attached hydrogens (tertiary/aromatic N) is 3. The summed E-state index contributed by atoms with van der Waals surface area (Å²) in [6.45, 7) is 2.59. The molecule has 1 unspecified atom stereocenters. The lowest BCUT2D eigenvalue weighted by Gasteiger charge is -2.12. The molecule has 0 saturated carbocycles. The number of amides is 1. The fraction of sp³-hybridized carbons (Fsp3) is 0.381. The number of hydrogen-bond acceptors (Lipinski definition) is 5. The highest BCUT2D eigenvalue weighted by Gasteiger charge is 2.22. The second-order valence-corrected chi connectivity index (χ2v) is 7.73. The first-order valence-corrected chi connectivity index (χ1v) is 10.5. The second-order valence-electron chi connectivity index (χ2n) is 7.33. The van der Waals surface area contributed by atoms with Crippen molar-refractivity contribution in [2.75, 3.05) is 31.6 Å². The topological polar surface area (TPSA) is 80.5 Å². The van der Waals surface area contributed by atoms with Crippen molar-refractivity contribution in [3.05, 3.63) is 41.6 Å². The standard InChI is InChI=1S/C21H23BClN5O2/c22-16-12-26-28-19(11-18(27-20(16)28)15-5-1-2-6-17(15)23)24-8-3-4-9-25-21(29)14-7-10-30-13-14/h1-2,5-6,11-12,14,24H,3-4,7-10,13H2,(H,25,29). The first-order valence-electron chi connectivity index (χ1n) is 10.1. The molecule has 0 bridgehead atoms. The van der Waals surface area contributed by atoms with Crippen molar-refractivity contribution in [2.45, 2.75) is 19.3 Å². The summed E-state index contributed by atoms with van der Waals surface area (Å²) in [7, 11) is 6.05. The van der Waals surface area contributed by atoms with Gasteiger partial charge in [-0.05, 0) is 30.8 Å². The number of carbonyl (C=O) groups is 1. The molecule has 30 heavy (non-hydrogen) atoms. The van der Waals surface area contributed by atoms with Crippen molar-refractivity contribution in [2.24, 2.45) is 5.92 Å². The van der Waals surface area contributed by atoms with E-state index in [4.69, 9.17) is 24.2 Å². The van der Waals surface area contributed by atoms with Gasteiger partial charge < -0.3 is 15.4 Å². The Balaban J connectivity index is 1.37. The fourth-order valence-corrected chi connectivity index (χ4v) is 3.71. The van der Waals surface area contributed by atoms with Crippen LogP contribution in [0.3, 0.4) is 0 Å². The summed E-state index contributed by atoms with van der Waals surface area (Å²) in [6.07, 6.45) is 4.17. The molecular weight excluding hydrogens is 401 g/mol. The summed E-state index contributed by atoms with van der Waals surface area (Å²) in [5.74, 6) is 0.883. The van der Waals surface area contributed by atoms with E-state index >= 15 is 0 Å². The normalized spacial score (nSPS) is 16.1. The van der Waals surface area contributed by atoms with Crippen LogP contribution in [-0.2, 0) is 9.53 Å². The van der Waals surface area contributed by atoms with E-state index in [0.29, 0.717) is 35.9 Å². The van der Waals surface area contributed by atoms with Gasteiger partial charge >= 0.3 is 0 Å². The highest BCUT2D eigenvalue weighted by molar-refractivity contribution is 6.36. The van der Waals surface area contributed by atoms with E-state index in [2.05, 4.69) is 20.7 Å². The summed E-state index contributed by atoms with van der Waals surface area (Å²) in [6, 6.07) is 9.49. The van der Waals surface area contributed by atoms with Crippen LogP contribution < -0.4 is 16.1 Å². The zero-order valence-electron chi connectivity index (χ0n) is 16.6. The summed E-state index contributed by atoms with van der Waals surface area (Å²) >= 11 is 6.35. The van der Waals surface area contributed by atoms with E-state index in [1.165, 1.54) is 0 Å². The van der Waals surface area contributed by atoms with Gasteiger partial charge in [-0.15, -0.1) is 0 Å². The third kappa shape index (κ3) is 4.60. The average Bonchev–Trinajstić information content (AvgIpc) is 3.41. The molecule has 1 aliphatic heterocycles. The third-order valence-electron chi connectivity index (χ3n) is 5.16. The maximum Gasteiger partial charge on any atom is 0.225 e. The van der Waals surface area contributed by atoms with Crippen LogP contribution in [0.15, 0.2) is 36.5 Å². The summed E-state index contributed by atoms with van der Waals surface area (Å²) in [4.78, 5) is 16.6. The maximum absolute atomic E-state index is 12.0. The van der Waals surface area contributed by atoms with Crippen LogP contribution in [0, 0.1) is 5.92 Å². The van der Waals surface area contributed by atoms with Gasteiger partial charge in [-0.3, -0.25) is 4.79 Å². The molecular formula is C21H23BClN5O2. The summed E-state index contributed by atoms with van der Waals surface area (Å²) < 4.78 is 6.95. The Morgan fingerprint density at radius 1 is 1.30 bits per heavy atom. The zero-order valence-corrected chi connectivity index (χ0v) is 17.4. The molecule has 1 atom stereocenters. The van der Waals surface area contributed by atoms with Crippen molar-refractivity contribution < 1.29 is 9.53 Å². The lowest BCUT2D eigenvalue weighted by atomic mass is 10.0. The largest absolute Gasteiger partial charge is 0.381 e. The molecule has 1 aliphatic rings. The molecule has 0 aliphatic carbocycles. The van der Waals surface area contributed by atoms with Crippen molar-refractivity contribution in [1.82, 2.24) is 19.9 Å². The molecule has 3 heterocycles. The number of hydrogen-bond donors (Lipinski definition) is 2. The molecule has 7 nitrogen and oxygen atoms in total. The minimum Gasteiger partial charge on any atom is -0.381 e. The molecule has 2 radical (unpaired) electrons. The van der Waals surface area contributed by atoms with Gasteiger partial charge in [-0.25, -0.2) is 4.98 Å². The van der Waals surface area contributed by atoms with E-state index in [1.54, 1.807) is 10.7 Å². The van der Waals surface area contributed by atoms with Gasteiger partial charge in [0.2, 0.25) is 5.91 Å². The first kappa shape index (κ1) is 20.7. The smallest absolute Gasteiger partial charge is 0.225 e. The van der Waals surface area contributed by atoms with E-state index < -0.39 is 0 Å². The van der Waals surface area contributed by atoms with E-state index in [0.717, 1.165) is 42.9 Å². The van der Waals surface area contributed by atoms with E-state index in [-0.39, 0.29) is 11.8 Å². The maximum atomic E-state index is 12.0. The van der Waals surface area contributed by atoms with Crippen molar-refractivity contribution in [3.63, 3.8) is 0 Å². The third-order valence-corrected chi connectivity index (χ3v) is 5.49. The average molecular weight is 424 g/mol. The van der Waals surface area contributed by atoms with Crippen LogP contribution >= 0.6 is 11.6 Å². The quantitative estimate of drug-likeness (QED) is 0.429. The van der Waals surface area contributed by atoms with E-state index in [9.17, 15) is 4.79 Å². The molecule has 2 N–H and O–H groups in total. The Labute approximate surface area is 181 Å². The van der Waals surface area contributed by atoms with Crippen LogP contribution in [0.2, 0.25) is 5.02 Å². The highest BCUT2D eigenvalue weighted by atomic mass is 35.5. The predicted octanol–water partition coefficient (Wildman–Crippen LogP) is 2.19. The molecule has 1 amide bonds. The zero-order chi connectivity index (χ0) is 20.9. The Bertz CT molecular complexity index is 1040. The Kier molecular flexibility index (Phi) is 6.54. The van der Waals surface area contributed by atoms with Gasteiger partial charge in [0.25, 0.3) is 0 Å². The highest BCUT2D eigenvalue weighted by Crippen LogP contribution is 2.28. The summed E-state index contributed by atoms with van der Waals surface area (Å²) in [5, 5.41) is 11.3.